The maximum atomic E-state index is 11.9. The van der Waals surface area contributed by atoms with Crippen LogP contribution in [0.2, 0.25) is 0 Å². The molecule has 104 valence electrons. The number of nitrogens with zero attached hydrogens (tertiary/aromatic N) is 2. The van der Waals surface area contributed by atoms with Crippen molar-refractivity contribution in [3.05, 3.63) is 22.9 Å². The van der Waals surface area contributed by atoms with Crippen LogP contribution in [0.3, 0.4) is 0 Å². The van der Waals surface area contributed by atoms with E-state index >= 15 is 0 Å². The molecular formula is C13H25N3O2. The van der Waals surface area contributed by atoms with Crippen LogP contribution in [0.15, 0.2) is 17.2 Å². The molecule has 0 bridgehead atoms. The van der Waals surface area contributed by atoms with Gasteiger partial charge in [-0.15, -0.1) is 0 Å². The van der Waals surface area contributed by atoms with Gasteiger partial charge in [0.15, 0.2) is 0 Å². The summed E-state index contributed by atoms with van der Waals surface area (Å²) < 4.78 is 8.83. The first-order chi connectivity index (χ1) is 8.42. The Morgan fingerprint density at radius 2 is 2.11 bits per heavy atom. The molecule has 0 fully saturated rings. The van der Waals surface area contributed by atoms with Gasteiger partial charge in [0, 0.05) is 33.1 Å². The maximum Gasteiger partial charge on any atom is 0.327 e. The standard InChI is InChI=1S/C13H25N3O2/c1-6-7-14-11(13(2,3)18-5)10-16-9-8-15(4)12(16)17/h8-9,11,14H,6-7,10H2,1-5H3. The van der Waals surface area contributed by atoms with Crippen LogP contribution in [0.4, 0.5) is 0 Å². The maximum absolute atomic E-state index is 11.9. The second-order valence-electron chi connectivity index (χ2n) is 5.16. The summed E-state index contributed by atoms with van der Waals surface area (Å²) in [4.78, 5) is 11.9. The lowest BCUT2D eigenvalue weighted by molar-refractivity contribution is -0.0151. The predicted molar refractivity (Wildman–Crippen MR) is 72.8 cm³/mol. The zero-order valence-corrected chi connectivity index (χ0v) is 12.1. The third-order valence-electron chi connectivity index (χ3n) is 3.40. The van der Waals surface area contributed by atoms with Crippen LogP contribution in [0.5, 0.6) is 0 Å². The van der Waals surface area contributed by atoms with Crippen LogP contribution < -0.4 is 11.0 Å². The molecule has 0 spiro atoms. The Hall–Kier alpha value is -1.07. The molecular weight excluding hydrogens is 230 g/mol. The summed E-state index contributed by atoms with van der Waals surface area (Å²) in [7, 11) is 3.46. The molecule has 0 aliphatic heterocycles. The zero-order chi connectivity index (χ0) is 13.8. The number of methoxy groups -OCH3 is 1. The highest BCUT2D eigenvalue weighted by molar-refractivity contribution is 4.89. The Morgan fingerprint density at radius 3 is 2.56 bits per heavy atom. The summed E-state index contributed by atoms with van der Waals surface area (Å²) in [6.07, 6.45) is 4.65. The van der Waals surface area contributed by atoms with Gasteiger partial charge in [-0.05, 0) is 26.8 Å². The van der Waals surface area contributed by atoms with Crippen LogP contribution >= 0.6 is 0 Å². The number of aryl methyl sites for hydroxylation is 1. The lowest BCUT2D eigenvalue weighted by Crippen LogP contribution is -2.51. The molecule has 1 rings (SSSR count). The fourth-order valence-corrected chi connectivity index (χ4v) is 1.84. The van der Waals surface area contributed by atoms with Gasteiger partial charge in [-0.25, -0.2) is 4.79 Å². The minimum Gasteiger partial charge on any atom is -0.377 e. The van der Waals surface area contributed by atoms with Crippen LogP contribution in [0, 0.1) is 0 Å². The van der Waals surface area contributed by atoms with Gasteiger partial charge in [-0.1, -0.05) is 6.92 Å². The van der Waals surface area contributed by atoms with Crippen molar-refractivity contribution in [3.8, 4) is 0 Å². The van der Waals surface area contributed by atoms with Crippen LogP contribution in [-0.4, -0.2) is 34.4 Å². The zero-order valence-electron chi connectivity index (χ0n) is 12.1. The number of ether oxygens (including phenoxy) is 1. The molecule has 1 N–H and O–H groups in total. The Bertz CT molecular complexity index is 420. The fraction of sp³-hybridized carbons (Fsp3) is 0.769. The molecule has 5 nitrogen and oxygen atoms in total. The highest BCUT2D eigenvalue weighted by atomic mass is 16.5. The van der Waals surface area contributed by atoms with Gasteiger partial charge in [0.1, 0.15) is 0 Å². The molecule has 0 aromatic carbocycles. The average Bonchev–Trinajstić information content (AvgIpc) is 2.65. The Morgan fingerprint density at radius 1 is 1.44 bits per heavy atom. The molecule has 1 aromatic rings. The van der Waals surface area contributed by atoms with Crippen molar-refractivity contribution in [3.63, 3.8) is 0 Å². The quantitative estimate of drug-likeness (QED) is 0.790. The summed E-state index contributed by atoms with van der Waals surface area (Å²) >= 11 is 0. The van der Waals surface area contributed by atoms with E-state index < -0.39 is 0 Å². The highest BCUT2D eigenvalue weighted by Crippen LogP contribution is 2.15. The first-order valence-electron chi connectivity index (χ1n) is 6.42. The van der Waals surface area contributed by atoms with E-state index in [1.165, 1.54) is 0 Å². The Kier molecular flexibility index (Phi) is 5.16. The number of rotatable bonds is 7. The third-order valence-corrected chi connectivity index (χ3v) is 3.40. The molecule has 5 heteroatoms. The molecule has 1 atom stereocenters. The van der Waals surface area contributed by atoms with Crippen LogP contribution in [0.1, 0.15) is 27.2 Å². The van der Waals surface area contributed by atoms with E-state index in [0.29, 0.717) is 6.54 Å². The van der Waals surface area contributed by atoms with E-state index in [-0.39, 0.29) is 17.3 Å². The summed E-state index contributed by atoms with van der Waals surface area (Å²) in [6.45, 7) is 7.72. The van der Waals surface area contributed by atoms with Crippen LogP contribution in [0.25, 0.3) is 0 Å². The van der Waals surface area contributed by atoms with Crippen molar-refractivity contribution in [2.45, 2.75) is 45.4 Å². The van der Waals surface area contributed by atoms with E-state index in [9.17, 15) is 4.79 Å². The average molecular weight is 255 g/mol. The molecule has 18 heavy (non-hydrogen) atoms. The molecule has 1 aromatic heterocycles. The predicted octanol–water partition coefficient (Wildman–Crippen LogP) is 0.980. The number of hydrogen-bond donors (Lipinski definition) is 1. The summed E-state index contributed by atoms with van der Waals surface area (Å²) in [5.41, 5.74) is -0.310. The van der Waals surface area contributed by atoms with Crippen LogP contribution in [-0.2, 0) is 18.3 Å². The smallest absolute Gasteiger partial charge is 0.327 e. The number of imidazole rings is 1. The first-order valence-corrected chi connectivity index (χ1v) is 6.42. The summed E-state index contributed by atoms with van der Waals surface area (Å²) in [5.74, 6) is 0. The minimum atomic E-state index is -0.315. The van der Waals surface area contributed by atoms with Crippen molar-refractivity contribution in [1.82, 2.24) is 14.5 Å². The van der Waals surface area contributed by atoms with E-state index in [4.69, 9.17) is 4.74 Å². The summed E-state index contributed by atoms with van der Waals surface area (Å²) in [6, 6.07) is 0.0996. The Labute approximate surface area is 109 Å². The van der Waals surface area contributed by atoms with Crippen molar-refractivity contribution >= 4 is 0 Å². The third kappa shape index (κ3) is 3.46. The Balaban J connectivity index is 2.84. The van der Waals surface area contributed by atoms with Gasteiger partial charge >= 0.3 is 5.69 Å². The molecule has 0 aliphatic carbocycles. The largest absolute Gasteiger partial charge is 0.377 e. The molecule has 1 heterocycles. The topological polar surface area (TPSA) is 48.2 Å². The van der Waals surface area contributed by atoms with Crippen molar-refractivity contribution < 1.29 is 4.74 Å². The van der Waals surface area contributed by atoms with Gasteiger partial charge in [0.25, 0.3) is 0 Å². The molecule has 0 radical (unpaired) electrons. The van der Waals surface area contributed by atoms with Gasteiger partial charge < -0.3 is 14.6 Å². The second kappa shape index (κ2) is 6.20. The fourth-order valence-electron chi connectivity index (χ4n) is 1.84. The van der Waals surface area contributed by atoms with Gasteiger partial charge in [0.05, 0.1) is 11.6 Å². The lowest BCUT2D eigenvalue weighted by Gasteiger charge is -2.34. The number of hydrogen-bond acceptors (Lipinski definition) is 3. The minimum absolute atomic E-state index is 0.00482. The van der Waals surface area contributed by atoms with Gasteiger partial charge in [-0.3, -0.25) is 4.57 Å². The first kappa shape index (κ1) is 15.0. The molecule has 0 saturated heterocycles. The van der Waals surface area contributed by atoms with Crippen molar-refractivity contribution in [2.24, 2.45) is 7.05 Å². The highest BCUT2D eigenvalue weighted by Gasteiger charge is 2.29. The molecule has 0 amide bonds. The van der Waals surface area contributed by atoms with Crippen molar-refractivity contribution in [2.75, 3.05) is 13.7 Å². The van der Waals surface area contributed by atoms with E-state index in [2.05, 4.69) is 12.2 Å². The lowest BCUT2D eigenvalue weighted by atomic mass is 9.98. The van der Waals surface area contributed by atoms with Gasteiger partial charge in [0.2, 0.25) is 0 Å². The molecule has 0 aliphatic rings. The van der Waals surface area contributed by atoms with E-state index in [0.717, 1.165) is 13.0 Å². The van der Waals surface area contributed by atoms with E-state index in [1.54, 1.807) is 29.5 Å². The molecule has 0 saturated carbocycles. The monoisotopic (exact) mass is 255 g/mol. The van der Waals surface area contributed by atoms with E-state index in [1.807, 2.05) is 20.0 Å². The number of aromatic nitrogens is 2. The second-order valence-corrected chi connectivity index (χ2v) is 5.16. The normalized spacial score (nSPS) is 13.8. The van der Waals surface area contributed by atoms with Gasteiger partial charge in [-0.2, -0.15) is 0 Å². The van der Waals surface area contributed by atoms with Crippen molar-refractivity contribution in [1.29, 1.82) is 0 Å². The number of nitrogens with one attached hydrogen (secondary N) is 1. The SMILES string of the molecule is CCCNC(Cn1ccn(C)c1=O)C(C)(C)OC. The molecule has 1 unspecified atom stereocenters. The summed E-state index contributed by atoms with van der Waals surface area (Å²) in [5, 5.41) is 3.45.